The van der Waals surface area contributed by atoms with E-state index in [9.17, 15) is 18.0 Å². The van der Waals surface area contributed by atoms with Crippen LogP contribution in [0.3, 0.4) is 0 Å². The first-order valence-corrected chi connectivity index (χ1v) is 13.1. The van der Waals surface area contributed by atoms with Crippen LogP contribution in [0.4, 0.5) is 18.9 Å². The van der Waals surface area contributed by atoms with Crippen LogP contribution in [0, 0.1) is 13.8 Å². The third kappa shape index (κ3) is 6.06. The number of rotatable bonds is 8. The van der Waals surface area contributed by atoms with Crippen LogP contribution in [0.1, 0.15) is 38.9 Å². The number of nitrogens with zero attached hydrogens (tertiary/aromatic N) is 2. The van der Waals surface area contributed by atoms with Gasteiger partial charge in [0.2, 0.25) is 0 Å². The molecule has 0 aliphatic carbocycles. The highest BCUT2D eigenvalue weighted by Gasteiger charge is 2.33. The highest BCUT2D eigenvalue weighted by Crippen LogP contribution is 2.39. The minimum atomic E-state index is -4.54. The van der Waals surface area contributed by atoms with Crippen molar-refractivity contribution in [2.45, 2.75) is 39.4 Å². The van der Waals surface area contributed by atoms with E-state index in [0.29, 0.717) is 29.5 Å². The zero-order valence-corrected chi connectivity index (χ0v) is 22.6. The normalized spacial score (nSPS) is 11.5. The van der Waals surface area contributed by atoms with Crippen LogP contribution in [0.2, 0.25) is 0 Å². The van der Waals surface area contributed by atoms with Crippen LogP contribution in [0.15, 0.2) is 85.3 Å². The van der Waals surface area contributed by atoms with Crippen LogP contribution in [-0.2, 0) is 30.4 Å². The molecule has 5 nitrogen and oxygen atoms in total. The summed E-state index contributed by atoms with van der Waals surface area (Å²) in [6.07, 6.45) is 0.849. The van der Waals surface area contributed by atoms with Crippen molar-refractivity contribution < 1.29 is 23.1 Å². The van der Waals surface area contributed by atoms with Gasteiger partial charge in [0, 0.05) is 41.8 Å². The Hall–Kier alpha value is -4.72. The average molecular weight is 556 g/mol. The molecule has 2 aromatic heterocycles. The van der Waals surface area contributed by atoms with Gasteiger partial charge in [-0.15, -0.1) is 0 Å². The first-order valence-electron chi connectivity index (χ1n) is 13.1. The molecule has 2 heterocycles. The van der Waals surface area contributed by atoms with Crippen LogP contribution < -0.4 is 5.32 Å². The van der Waals surface area contributed by atoms with Gasteiger partial charge in [-0.05, 0) is 77.4 Å². The average Bonchev–Trinajstić information content (AvgIpc) is 2.94. The van der Waals surface area contributed by atoms with Crippen molar-refractivity contribution in [3.63, 3.8) is 0 Å². The van der Waals surface area contributed by atoms with Gasteiger partial charge in [-0.2, -0.15) is 13.2 Å². The van der Waals surface area contributed by atoms with Gasteiger partial charge in [-0.1, -0.05) is 48.5 Å². The van der Waals surface area contributed by atoms with Crippen molar-refractivity contribution in [2.24, 2.45) is 0 Å². The molecule has 5 aromatic rings. The van der Waals surface area contributed by atoms with Crippen molar-refractivity contribution in [1.29, 1.82) is 0 Å². The summed E-state index contributed by atoms with van der Waals surface area (Å²) in [5, 5.41) is 13.0. The molecule has 0 unspecified atom stereocenters. The molecule has 5 rings (SSSR count). The number of aromatic nitrogens is 2. The van der Waals surface area contributed by atoms with Crippen LogP contribution in [0.25, 0.3) is 22.0 Å². The lowest BCUT2D eigenvalue weighted by Crippen LogP contribution is -2.08. The molecule has 0 saturated heterocycles. The van der Waals surface area contributed by atoms with E-state index in [0.717, 1.165) is 45.1 Å². The SMILES string of the molecule is Cc1c(CC(=O)O)ccc(NCc2cncc(-c3c(Cc4ccccc4)cnc4c(C(F)(F)F)cccc34)c2)c1C. The number of carboxylic acids is 1. The molecule has 8 heteroatoms. The molecular formula is C33H28F3N3O2. The number of carboxylic acid groups (broad SMARTS) is 1. The molecule has 0 bridgehead atoms. The standard InChI is InChI=1S/C33H28F3N3O2/c1-20-21(2)29(12-11-24(20)15-30(40)41)38-17-23-14-25(18-37-16-23)31-26(13-22-7-4-3-5-8-22)19-39-32-27(31)9-6-10-28(32)33(34,35)36/h3-12,14,16,18-19,38H,13,15,17H2,1-2H3,(H,40,41). The predicted molar refractivity (Wildman–Crippen MR) is 154 cm³/mol. The highest BCUT2D eigenvalue weighted by atomic mass is 19.4. The van der Waals surface area contributed by atoms with E-state index in [-0.39, 0.29) is 11.9 Å². The summed E-state index contributed by atoms with van der Waals surface area (Å²) in [4.78, 5) is 19.9. The van der Waals surface area contributed by atoms with Gasteiger partial charge >= 0.3 is 12.1 Å². The highest BCUT2D eigenvalue weighted by molar-refractivity contribution is 5.97. The molecule has 0 fully saturated rings. The molecule has 0 aliphatic rings. The van der Waals surface area contributed by atoms with Crippen LogP contribution >= 0.6 is 0 Å². The minimum Gasteiger partial charge on any atom is -0.481 e. The maximum absolute atomic E-state index is 13.9. The Morgan fingerprint density at radius 1 is 0.878 bits per heavy atom. The topological polar surface area (TPSA) is 75.1 Å². The van der Waals surface area contributed by atoms with Crippen molar-refractivity contribution >= 4 is 22.6 Å². The lowest BCUT2D eigenvalue weighted by Gasteiger charge is -2.17. The number of benzene rings is 3. The molecule has 0 aliphatic heterocycles. The van der Waals surface area contributed by atoms with Gasteiger partial charge in [-0.25, -0.2) is 0 Å². The maximum Gasteiger partial charge on any atom is 0.418 e. The van der Waals surface area contributed by atoms with Gasteiger partial charge < -0.3 is 10.4 Å². The van der Waals surface area contributed by atoms with Gasteiger partial charge in [0.05, 0.1) is 17.5 Å². The molecular weight excluding hydrogens is 527 g/mol. The second-order valence-corrected chi connectivity index (χ2v) is 10.0. The van der Waals surface area contributed by atoms with Gasteiger partial charge in [-0.3, -0.25) is 14.8 Å². The van der Waals surface area contributed by atoms with E-state index in [2.05, 4.69) is 15.3 Å². The zero-order valence-electron chi connectivity index (χ0n) is 22.6. The summed E-state index contributed by atoms with van der Waals surface area (Å²) in [5.41, 5.74) is 6.67. The third-order valence-electron chi connectivity index (χ3n) is 7.33. The Morgan fingerprint density at radius 3 is 2.39 bits per heavy atom. The molecule has 208 valence electrons. The molecule has 0 amide bonds. The minimum absolute atomic E-state index is 0.0415. The summed E-state index contributed by atoms with van der Waals surface area (Å²) in [6.45, 7) is 4.26. The molecule has 0 radical (unpaired) electrons. The number of carbonyl (C=O) groups is 1. The predicted octanol–water partition coefficient (Wildman–Crippen LogP) is 7.76. The Labute approximate surface area is 235 Å². The number of nitrogens with one attached hydrogen (secondary N) is 1. The summed E-state index contributed by atoms with van der Waals surface area (Å²) in [5.74, 6) is -0.881. The molecule has 2 N–H and O–H groups in total. The van der Waals surface area contributed by atoms with Crippen molar-refractivity contribution in [3.05, 3.63) is 124 Å². The van der Waals surface area contributed by atoms with E-state index in [4.69, 9.17) is 5.11 Å². The molecule has 3 aromatic carbocycles. The fourth-order valence-corrected chi connectivity index (χ4v) is 5.12. The smallest absolute Gasteiger partial charge is 0.418 e. The quantitative estimate of drug-likeness (QED) is 0.205. The lowest BCUT2D eigenvalue weighted by atomic mass is 9.92. The van der Waals surface area contributed by atoms with Crippen molar-refractivity contribution in [1.82, 2.24) is 9.97 Å². The van der Waals surface area contributed by atoms with E-state index in [1.807, 2.05) is 62.4 Å². The number of hydrogen-bond acceptors (Lipinski definition) is 4. The maximum atomic E-state index is 13.9. The number of halogens is 3. The number of anilines is 1. The Balaban J connectivity index is 1.54. The van der Waals surface area contributed by atoms with E-state index >= 15 is 0 Å². The monoisotopic (exact) mass is 555 g/mol. The second kappa shape index (κ2) is 11.4. The third-order valence-corrected chi connectivity index (χ3v) is 7.33. The molecule has 41 heavy (non-hydrogen) atoms. The van der Waals surface area contributed by atoms with Gasteiger partial charge in [0.25, 0.3) is 0 Å². The fourth-order valence-electron chi connectivity index (χ4n) is 5.12. The molecule has 0 saturated carbocycles. The first kappa shape index (κ1) is 27.8. The van der Waals surface area contributed by atoms with E-state index in [1.165, 1.54) is 12.3 Å². The van der Waals surface area contributed by atoms with Crippen molar-refractivity contribution in [3.8, 4) is 11.1 Å². The number of pyridine rings is 2. The summed E-state index contributed by atoms with van der Waals surface area (Å²) in [7, 11) is 0. The Kier molecular flexibility index (Phi) is 7.75. The number of fused-ring (bicyclic) bond motifs is 1. The second-order valence-electron chi connectivity index (χ2n) is 10.0. The lowest BCUT2D eigenvalue weighted by molar-refractivity contribution is -0.137. The largest absolute Gasteiger partial charge is 0.481 e. The van der Waals surface area contributed by atoms with Gasteiger partial charge in [0.15, 0.2) is 0 Å². The zero-order chi connectivity index (χ0) is 29.1. The Morgan fingerprint density at radius 2 is 1.66 bits per heavy atom. The van der Waals surface area contributed by atoms with Crippen LogP contribution in [0.5, 0.6) is 0 Å². The van der Waals surface area contributed by atoms with Gasteiger partial charge in [0.1, 0.15) is 0 Å². The summed E-state index contributed by atoms with van der Waals surface area (Å²) < 4.78 is 41.7. The van der Waals surface area contributed by atoms with Crippen LogP contribution in [-0.4, -0.2) is 21.0 Å². The first-order chi connectivity index (χ1) is 19.6. The summed E-state index contributed by atoms with van der Waals surface area (Å²) >= 11 is 0. The number of aliphatic carboxylic acids is 1. The summed E-state index contributed by atoms with van der Waals surface area (Å²) in [6, 6.07) is 19.5. The Bertz CT molecular complexity index is 1730. The van der Waals surface area contributed by atoms with E-state index in [1.54, 1.807) is 18.5 Å². The molecule has 0 spiro atoms. The molecule has 0 atom stereocenters. The van der Waals surface area contributed by atoms with E-state index < -0.39 is 17.7 Å². The number of hydrogen-bond donors (Lipinski definition) is 2. The number of alkyl halides is 3. The fraction of sp³-hybridized carbons (Fsp3) is 0.182. The number of para-hydroxylation sites is 1. The van der Waals surface area contributed by atoms with Crippen molar-refractivity contribution in [2.75, 3.05) is 5.32 Å².